The maximum absolute atomic E-state index is 12.1. The van der Waals surface area contributed by atoms with Crippen molar-refractivity contribution in [2.45, 2.75) is 73.8 Å². The van der Waals surface area contributed by atoms with Gasteiger partial charge >= 0.3 is 5.97 Å². The van der Waals surface area contributed by atoms with E-state index >= 15 is 0 Å². The van der Waals surface area contributed by atoms with Crippen molar-refractivity contribution in [2.24, 2.45) is 0 Å². The predicted octanol–water partition coefficient (Wildman–Crippen LogP) is 8.83. The van der Waals surface area contributed by atoms with Gasteiger partial charge in [-0.05, 0) is 43.0 Å². The van der Waals surface area contributed by atoms with Crippen LogP contribution in [0.15, 0.2) is 91.4 Å². The molecule has 1 atom stereocenters. The summed E-state index contributed by atoms with van der Waals surface area (Å²) in [6.07, 6.45) is 16.5. The molecule has 0 saturated heterocycles. The molecule has 2 aliphatic rings. The summed E-state index contributed by atoms with van der Waals surface area (Å²) in [5.74, 6) is -0.0626. The van der Waals surface area contributed by atoms with Crippen molar-refractivity contribution in [1.82, 2.24) is 4.90 Å². The van der Waals surface area contributed by atoms with Crippen LogP contribution in [0.2, 0.25) is 0 Å². The van der Waals surface area contributed by atoms with E-state index in [2.05, 4.69) is 37.8 Å². The minimum atomic E-state index is -0.881. The first-order valence-corrected chi connectivity index (χ1v) is 13.8. The Balaban J connectivity index is 0. The molecule has 3 rings (SSSR count). The Morgan fingerprint density at radius 1 is 1.03 bits per heavy atom. The number of fused-ring (bicyclic) bond motifs is 1. The standard InChI is InChI=1S/C23H27NO3.C4H8O.2C2H6.C2H4/c1-3-5-16-27-18-13-11-17(12-14-18)21-19-9-7-6-8-10-20(19)24(15-4-2)22(21)23(25)26;1-3-4-5-2;3*1-2/h6-14,20H,3-5,15-16H2,1-2H3,(H,25,26);3-4H,1-2H3;2*1-2H3;1-2H2/b;4-3+;;;. The number of ether oxygens (including phenoxy) is 2. The molecule has 0 amide bonds. The summed E-state index contributed by atoms with van der Waals surface area (Å²) in [5.41, 5.74) is 3.13. The second-order valence-corrected chi connectivity index (χ2v) is 7.49. The molecule has 1 N–H and O–H groups in total. The normalized spacial score (nSPS) is 14.7. The third-order valence-corrected chi connectivity index (χ3v) is 5.11. The molecule has 212 valence electrons. The van der Waals surface area contributed by atoms with Gasteiger partial charge in [-0.25, -0.2) is 4.79 Å². The average molecular weight is 526 g/mol. The number of hydrogen-bond acceptors (Lipinski definition) is 4. The van der Waals surface area contributed by atoms with Gasteiger partial charge in [0, 0.05) is 12.1 Å². The minimum absolute atomic E-state index is 0.0402. The van der Waals surface area contributed by atoms with Gasteiger partial charge in [-0.3, -0.25) is 0 Å². The lowest BCUT2D eigenvalue weighted by Crippen LogP contribution is -2.32. The van der Waals surface area contributed by atoms with Crippen molar-refractivity contribution in [3.8, 4) is 5.75 Å². The molecule has 0 fully saturated rings. The SMILES string of the molecule is C/C=C/OC.C=C.CC.CC.CCCCOc1ccc(C2=C(C(=O)O)N(CCC)C3C=CC=CC=C23)cc1. The Kier molecular flexibility index (Phi) is 23.1. The first-order chi connectivity index (χ1) is 18.6. The molecule has 0 bridgehead atoms. The van der Waals surface area contributed by atoms with Crippen LogP contribution in [0.3, 0.4) is 0 Å². The van der Waals surface area contributed by atoms with Crippen LogP contribution in [0.5, 0.6) is 5.75 Å². The summed E-state index contributed by atoms with van der Waals surface area (Å²) < 4.78 is 10.3. The van der Waals surface area contributed by atoms with Gasteiger partial charge in [0.15, 0.2) is 0 Å². The van der Waals surface area contributed by atoms with Gasteiger partial charge in [0.25, 0.3) is 0 Å². The van der Waals surface area contributed by atoms with Crippen molar-refractivity contribution >= 4 is 11.5 Å². The van der Waals surface area contributed by atoms with Crippen molar-refractivity contribution < 1.29 is 19.4 Å². The lowest BCUT2D eigenvalue weighted by atomic mass is 9.94. The highest BCUT2D eigenvalue weighted by Gasteiger charge is 2.38. The highest BCUT2D eigenvalue weighted by atomic mass is 16.5. The number of methoxy groups -OCH3 is 1. The van der Waals surface area contributed by atoms with E-state index in [0.717, 1.165) is 41.7 Å². The molecule has 5 nitrogen and oxygen atoms in total. The molecular formula is C33H51NO4. The van der Waals surface area contributed by atoms with Gasteiger partial charge in [-0.15, -0.1) is 13.2 Å². The van der Waals surface area contributed by atoms with Gasteiger partial charge in [0.05, 0.1) is 26.0 Å². The highest BCUT2D eigenvalue weighted by Crippen LogP contribution is 2.42. The summed E-state index contributed by atoms with van der Waals surface area (Å²) >= 11 is 0. The second-order valence-electron chi connectivity index (χ2n) is 7.49. The number of nitrogens with zero attached hydrogens (tertiary/aromatic N) is 1. The molecule has 0 saturated carbocycles. The van der Waals surface area contributed by atoms with Crippen molar-refractivity contribution in [2.75, 3.05) is 20.3 Å². The van der Waals surface area contributed by atoms with E-state index in [-0.39, 0.29) is 6.04 Å². The van der Waals surface area contributed by atoms with Crippen LogP contribution in [0.1, 0.15) is 73.3 Å². The van der Waals surface area contributed by atoms with Crippen molar-refractivity contribution in [3.63, 3.8) is 0 Å². The molecule has 1 unspecified atom stereocenters. The van der Waals surface area contributed by atoms with Crippen LogP contribution in [0, 0.1) is 0 Å². The van der Waals surface area contributed by atoms with E-state index in [1.54, 1.807) is 13.4 Å². The fraction of sp³-hybridized carbons (Fsp3) is 0.424. The highest BCUT2D eigenvalue weighted by molar-refractivity contribution is 6.03. The number of allylic oxidation sites excluding steroid dienone is 5. The van der Waals surface area contributed by atoms with E-state index < -0.39 is 5.97 Å². The molecule has 1 aliphatic heterocycles. The van der Waals surface area contributed by atoms with Gasteiger partial charge in [0.2, 0.25) is 0 Å². The number of unbranched alkanes of at least 4 members (excludes halogenated alkanes) is 1. The lowest BCUT2D eigenvalue weighted by molar-refractivity contribution is -0.134. The Bertz CT molecular complexity index is 907. The van der Waals surface area contributed by atoms with Crippen molar-refractivity contribution in [1.29, 1.82) is 0 Å². The van der Waals surface area contributed by atoms with E-state index in [9.17, 15) is 9.90 Å². The number of benzene rings is 1. The van der Waals surface area contributed by atoms with E-state index in [1.807, 2.05) is 94.2 Å². The smallest absolute Gasteiger partial charge is 0.352 e. The lowest BCUT2D eigenvalue weighted by Gasteiger charge is -2.25. The maximum atomic E-state index is 12.1. The zero-order valence-electron chi connectivity index (χ0n) is 25.0. The van der Waals surface area contributed by atoms with Gasteiger partial charge in [0.1, 0.15) is 11.4 Å². The first-order valence-electron chi connectivity index (χ1n) is 13.8. The predicted molar refractivity (Wildman–Crippen MR) is 164 cm³/mol. The summed E-state index contributed by atoms with van der Waals surface area (Å²) in [6.45, 7) is 21.5. The molecule has 0 spiro atoms. The average Bonchev–Trinajstić information content (AvgIpc) is 3.08. The largest absolute Gasteiger partial charge is 0.505 e. The quantitative estimate of drug-likeness (QED) is 0.198. The van der Waals surface area contributed by atoms with Gasteiger partial charge < -0.3 is 19.5 Å². The molecule has 1 heterocycles. The molecule has 0 radical (unpaired) electrons. The Morgan fingerprint density at radius 3 is 2.13 bits per heavy atom. The van der Waals surface area contributed by atoms with Crippen LogP contribution < -0.4 is 4.74 Å². The fourth-order valence-corrected chi connectivity index (χ4v) is 3.73. The number of carbonyl (C=O) groups is 1. The summed E-state index contributed by atoms with van der Waals surface area (Å²) in [6, 6.07) is 7.74. The van der Waals surface area contributed by atoms with Gasteiger partial charge in [-0.2, -0.15) is 0 Å². The van der Waals surface area contributed by atoms with Crippen molar-refractivity contribution in [3.05, 3.63) is 97.0 Å². The summed E-state index contributed by atoms with van der Waals surface area (Å²) in [5, 5.41) is 9.96. The summed E-state index contributed by atoms with van der Waals surface area (Å²) in [4.78, 5) is 14.1. The Hall–Kier alpha value is -3.47. The number of aliphatic carboxylic acids is 1. The third-order valence-electron chi connectivity index (χ3n) is 5.11. The molecular weight excluding hydrogens is 474 g/mol. The molecule has 5 heteroatoms. The monoisotopic (exact) mass is 525 g/mol. The second kappa shape index (κ2) is 23.9. The molecule has 1 aliphatic carbocycles. The molecule has 0 aromatic heterocycles. The zero-order chi connectivity index (χ0) is 29.3. The number of carboxylic acid groups (broad SMARTS) is 1. The molecule has 1 aromatic carbocycles. The Morgan fingerprint density at radius 2 is 1.66 bits per heavy atom. The zero-order valence-corrected chi connectivity index (χ0v) is 25.0. The summed E-state index contributed by atoms with van der Waals surface area (Å²) in [7, 11) is 1.62. The Labute approximate surface area is 232 Å². The van der Waals surface area contributed by atoms with Crippen LogP contribution in [-0.4, -0.2) is 42.3 Å². The third kappa shape index (κ3) is 11.7. The van der Waals surface area contributed by atoms with Crippen LogP contribution in [0.25, 0.3) is 5.57 Å². The van der Waals surface area contributed by atoms with Gasteiger partial charge in [-0.1, -0.05) is 96.6 Å². The maximum Gasteiger partial charge on any atom is 0.352 e. The van der Waals surface area contributed by atoms with Crippen LogP contribution in [0.4, 0.5) is 0 Å². The first kappa shape index (κ1) is 36.7. The molecule has 38 heavy (non-hydrogen) atoms. The number of rotatable bonds is 9. The van der Waals surface area contributed by atoms with E-state index in [4.69, 9.17) is 4.74 Å². The number of hydrogen-bond donors (Lipinski definition) is 1. The van der Waals surface area contributed by atoms with Crippen LogP contribution >= 0.6 is 0 Å². The topological polar surface area (TPSA) is 59.0 Å². The number of carboxylic acids is 1. The minimum Gasteiger partial charge on any atom is -0.505 e. The van der Waals surface area contributed by atoms with E-state index in [1.165, 1.54) is 0 Å². The van der Waals surface area contributed by atoms with Crippen LogP contribution in [-0.2, 0) is 9.53 Å². The van der Waals surface area contributed by atoms with E-state index in [0.29, 0.717) is 18.8 Å². The fourth-order valence-electron chi connectivity index (χ4n) is 3.73. The molecule has 1 aromatic rings.